The summed E-state index contributed by atoms with van der Waals surface area (Å²) in [5.41, 5.74) is 0. The number of carboxylic acid groups (broad SMARTS) is 1. The maximum Gasteiger partial charge on any atom is 0.352 e. The Balaban J connectivity index is 4.89. The molecule has 0 aromatic heterocycles. The van der Waals surface area contributed by atoms with Crippen LogP contribution in [-0.2, 0) is 18.9 Å². The maximum atomic E-state index is 12.0. The molecule has 0 bridgehead atoms. The van der Waals surface area contributed by atoms with Crippen molar-refractivity contribution >= 4 is 19.1 Å². The molecule has 0 aliphatic carbocycles. The summed E-state index contributed by atoms with van der Waals surface area (Å²) in [7, 11) is -2.94. The minimum atomic E-state index is -2.94. The molecular formula is C8H15O5P. The molecule has 0 radical (unpaired) electrons. The lowest BCUT2D eigenvalue weighted by Crippen LogP contribution is -2.27. The Bertz CT molecular complexity index is 265. The highest BCUT2D eigenvalue weighted by molar-refractivity contribution is 7.65. The van der Waals surface area contributed by atoms with Crippen molar-refractivity contribution in [1.29, 1.82) is 0 Å². The van der Waals surface area contributed by atoms with Gasteiger partial charge in [0.05, 0.1) is 0 Å². The van der Waals surface area contributed by atoms with E-state index >= 15 is 0 Å². The van der Waals surface area contributed by atoms with Crippen molar-refractivity contribution in [3.05, 3.63) is 0 Å². The summed E-state index contributed by atoms with van der Waals surface area (Å²) in [6.45, 7) is 4.36. The molecule has 0 heterocycles. The molecule has 0 saturated heterocycles. The van der Waals surface area contributed by atoms with Gasteiger partial charge in [-0.1, -0.05) is 13.8 Å². The molecule has 0 aliphatic heterocycles. The number of esters is 1. The summed E-state index contributed by atoms with van der Waals surface area (Å²) in [6, 6.07) is 0. The van der Waals surface area contributed by atoms with E-state index in [0.29, 0.717) is 0 Å². The molecule has 1 atom stereocenters. The van der Waals surface area contributed by atoms with Crippen LogP contribution in [0, 0.1) is 0 Å². The van der Waals surface area contributed by atoms with E-state index in [0.717, 1.165) is 6.92 Å². The molecule has 0 amide bonds. The highest BCUT2D eigenvalue weighted by atomic mass is 31.2. The van der Waals surface area contributed by atoms with Crippen molar-refractivity contribution in [2.24, 2.45) is 0 Å². The predicted octanol–water partition coefficient (Wildman–Crippen LogP) is 1.36. The lowest BCUT2D eigenvalue weighted by molar-refractivity contribution is -0.156. The summed E-state index contributed by atoms with van der Waals surface area (Å²) in [4.78, 5) is 21.4. The smallest absolute Gasteiger partial charge is 0.352 e. The van der Waals surface area contributed by atoms with E-state index in [1.807, 2.05) is 0 Å². The molecular weight excluding hydrogens is 207 g/mol. The number of carbonyl (C=O) groups is 2. The Morgan fingerprint density at radius 1 is 1.36 bits per heavy atom. The zero-order chi connectivity index (χ0) is 11.4. The van der Waals surface area contributed by atoms with Gasteiger partial charge in [-0.05, 0) is 0 Å². The number of carboxylic acids is 1. The van der Waals surface area contributed by atoms with E-state index in [4.69, 9.17) is 5.11 Å². The lowest BCUT2D eigenvalue weighted by Gasteiger charge is -2.21. The average Bonchev–Trinajstić information content (AvgIpc) is 2.12. The minimum Gasteiger partial charge on any atom is -0.478 e. The molecule has 0 rings (SSSR count). The first kappa shape index (κ1) is 13.2. The second kappa shape index (κ2) is 5.15. The van der Waals surface area contributed by atoms with Crippen molar-refractivity contribution in [1.82, 2.24) is 0 Å². The van der Waals surface area contributed by atoms with E-state index < -0.39 is 24.9 Å². The third kappa shape index (κ3) is 3.14. The van der Waals surface area contributed by atoms with Crippen molar-refractivity contribution < 1.29 is 24.0 Å². The number of ether oxygens (including phenoxy) is 1. The average molecular weight is 222 g/mol. The Kier molecular flexibility index (Phi) is 4.85. The number of hydrogen-bond donors (Lipinski definition) is 1. The van der Waals surface area contributed by atoms with Crippen LogP contribution in [-0.4, -0.2) is 35.2 Å². The zero-order valence-corrected chi connectivity index (χ0v) is 9.41. The van der Waals surface area contributed by atoms with Crippen molar-refractivity contribution in [2.45, 2.75) is 26.6 Å². The van der Waals surface area contributed by atoms with Crippen LogP contribution in [0.2, 0.25) is 0 Å². The topological polar surface area (TPSA) is 80.7 Å². The molecule has 0 fully saturated rings. The maximum absolute atomic E-state index is 12.0. The second-order valence-corrected chi connectivity index (χ2v) is 6.52. The fourth-order valence-corrected chi connectivity index (χ4v) is 2.91. The summed E-state index contributed by atoms with van der Waals surface area (Å²) in [5, 5.41) is 8.77. The molecule has 0 aromatic carbocycles. The van der Waals surface area contributed by atoms with Crippen molar-refractivity contribution in [3.63, 3.8) is 0 Å². The van der Waals surface area contributed by atoms with Crippen LogP contribution in [0.15, 0.2) is 0 Å². The van der Waals surface area contributed by atoms with Gasteiger partial charge in [0.1, 0.15) is 7.14 Å². The Hall–Kier alpha value is -0.830. The predicted molar refractivity (Wildman–Crippen MR) is 51.9 cm³/mol. The third-order valence-electron chi connectivity index (χ3n) is 1.99. The van der Waals surface area contributed by atoms with Crippen molar-refractivity contribution in [3.8, 4) is 0 Å². The minimum absolute atomic E-state index is 0.216. The largest absolute Gasteiger partial charge is 0.478 e. The SMILES string of the molecule is CCP(=O)(CC)C(OC(C)=O)C(=O)O. The molecule has 6 heteroatoms. The summed E-state index contributed by atoms with van der Waals surface area (Å²) < 4.78 is 16.5. The fourth-order valence-electron chi connectivity index (χ4n) is 1.06. The normalized spacial score (nSPS) is 13.4. The lowest BCUT2D eigenvalue weighted by atomic mass is 10.7. The van der Waals surface area contributed by atoms with Crippen molar-refractivity contribution in [2.75, 3.05) is 12.3 Å². The van der Waals surface area contributed by atoms with E-state index in [-0.39, 0.29) is 12.3 Å². The quantitative estimate of drug-likeness (QED) is 0.561. The van der Waals surface area contributed by atoms with Crippen LogP contribution in [0.4, 0.5) is 0 Å². The fraction of sp³-hybridized carbons (Fsp3) is 0.750. The summed E-state index contributed by atoms with van der Waals surface area (Å²) >= 11 is 0. The van der Waals surface area contributed by atoms with Crippen LogP contribution >= 0.6 is 7.14 Å². The highest BCUT2D eigenvalue weighted by Gasteiger charge is 2.38. The molecule has 0 aromatic rings. The van der Waals surface area contributed by atoms with Crippen LogP contribution in [0.25, 0.3) is 0 Å². The molecule has 82 valence electrons. The van der Waals surface area contributed by atoms with Gasteiger partial charge in [-0.2, -0.15) is 0 Å². The van der Waals surface area contributed by atoms with Crippen LogP contribution in [0.1, 0.15) is 20.8 Å². The van der Waals surface area contributed by atoms with E-state index in [2.05, 4.69) is 4.74 Å². The first-order valence-corrected chi connectivity index (χ1v) is 6.49. The van der Waals surface area contributed by atoms with Crippen LogP contribution in [0.5, 0.6) is 0 Å². The number of hydrogen-bond acceptors (Lipinski definition) is 4. The third-order valence-corrected chi connectivity index (χ3v) is 5.31. The standard InChI is InChI=1S/C8H15O5P/c1-4-14(12,5-2)8(7(10)11)13-6(3)9/h8H,4-5H2,1-3H3,(H,10,11). The molecule has 5 nitrogen and oxygen atoms in total. The molecule has 0 spiro atoms. The van der Waals surface area contributed by atoms with Gasteiger partial charge in [0, 0.05) is 19.2 Å². The van der Waals surface area contributed by atoms with Gasteiger partial charge in [0.15, 0.2) is 0 Å². The Morgan fingerprint density at radius 2 is 1.79 bits per heavy atom. The molecule has 0 aliphatic rings. The van der Waals surface area contributed by atoms with Crippen LogP contribution in [0.3, 0.4) is 0 Å². The Morgan fingerprint density at radius 3 is 2.00 bits per heavy atom. The van der Waals surface area contributed by atoms with Gasteiger partial charge in [-0.25, -0.2) is 4.79 Å². The van der Waals surface area contributed by atoms with Gasteiger partial charge >= 0.3 is 11.9 Å². The molecule has 0 saturated carbocycles. The summed E-state index contributed by atoms with van der Waals surface area (Å²) in [5.74, 6) is -3.55. The highest BCUT2D eigenvalue weighted by Crippen LogP contribution is 2.50. The second-order valence-electron chi connectivity index (χ2n) is 2.88. The monoisotopic (exact) mass is 222 g/mol. The van der Waals surface area contributed by atoms with E-state index in [1.54, 1.807) is 13.8 Å². The van der Waals surface area contributed by atoms with Gasteiger partial charge in [0.2, 0.25) is 5.85 Å². The number of carbonyl (C=O) groups excluding carboxylic acids is 1. The molecule has 1 unspecified atom stereocenters. The first-order valence-electron chi connectivity index (χ1n) is 4.35. The van der Waals surface area contributed by atoms with Gasteiger partial charge in [-0.15, -0.1) is 0 Å². The van der Waals surface area contributed by atoms with E-state index in [1.165, 1.54) is 0 Å². The number of aliphatic carboxylic acids is 1. The summed E-state index contributed by atoms with van der Waals surface area (Å²) in [6.07, 6.45) is 0.432. The van der Waals surface area contributed by atoms with Gasteiger partial charge < -0.3 is 14.4 Å². The molecule has 1 N–H and O–H groups in total. The zero-order valence-electron chi connectivity index (χ0n) is 8.52. The number of rotatable bonds is 5. The van der Waals surface area contributed by atoms with E-state index in [9.17, 15) is 14.2 Å². The van der Waals surface area contributed by atoms with Gasteiger partial charge in [0.25, 0.3) is 0 Å². The van der Waals surface area contributed by atoms with Crippen LogP contribution < -0.4 is 0 Å². The molecule has 14 heavy (non-hydrogen) atoms. The first-order chi connectivity index (χ1) is 6.37. The van der Waals surface area contributed by atoms with Gasteiger partial charge in [-0.3, -0.25) is 4.79 Å². The Labute approximate surface area is 82.8 Å².